The second-order valence-electron chi connectivity index (χ2n) is 33.6. The summed E-state index contributed by atoms with van der Waals surface area (Å²) < 4.78 is 37.3. The van der Waals surface area contributed by atoms with Crippen molar-refractivity contribution < 1.29 is 57.2 Å². The molecule has 6 amide bonds. The van der Waals surface area contributed by atoms with Crippen molar-refractivity contribution in [1.82, 2.24) is 0 Å². The number of fused-ring (bicyclic) bond motifs is 16. The van der Waals surface area contributed by atoms with Gasteiger partial charge in [-0.3, -0.25) is 58.4 Å². The third-order valence-corrected chi connectivity index (χ3v) is 29.2. The van der Waals surface area contributed by atoms with Gasteiger partial charge in [-0.05, 0) is 238 Å². The molecule has 25 heteroatoms. The average Bonchev–Trinajstić information content (AvgIpc) is 1.62. The number of methoxy groups -OCH3 is 2. The SMILES string of the molecule is COc1cc2c(cc1OCc1cc(COc3cc4c(cc3C)C(=O)N3c5ccccc5C[C@H]3C=N4)cc(NC(=O)CCC(C)(C)SSC)c1)CC[C@@H]1Cc3ccccc3N1C2=O.COc1cc2c(cc1OCc1cc(COc3cc4c(cc3C)C(=O)N3c5ccccc5C[C@H]3C=N4)cc(NC(=O)CCC(C)(C)SSC)c1)N=C[C@@H]1Cc3ccccc3N1C2=O. The van der Waals surface area contributed by atoms with E-state index in [2.05, 4.69) is 56.5 Å². The van der Waals surface area contributed by atoms with E-state index in [-0.39, 0.29) is 95.5 Å². The Balaban J connectivity index is 0.000000176. The fourth-order valence-electron chi connectivity index (χ4n) is 17.7. The highest BCUT2D eigenvalue weighted by Gasteiger charge is 2.42. The molecule has 8 heterocycles. The predicted molar refractivity (Wildman–Crippen MR) is 500 cm³/mol. The minimum Gasteiger partial charge on any atom is -0.493 e. The molecular weight excluding hydrogens is 1640 g/mol. The molecule has 0 unspecified atom stereocenters. The Morgan fingerprint density at radius 2 is 0.742 bits per heavy atom. The Bertz CT molecular complexity index is 6030. The third kappa shape index (κ3) is 17.7. The zero-order chi connectivity index (χ0) is 86.2. The van der Waals surface area contributed by atoms with Gasteiger partial charge in [0.15, 0.2) is 23.0 Å². The number of hydrogen-bond donors (Lipinski definition) is 2. The molecule has 2 N–H and O–H groups in total. The molecule has 0 radical (unpaired) electrons. The monoisotopic (exact) mass is 1730 g/mol. The van der Waals surface area contributed by atoms with E-state index < -0.39 is 0 Å². The number of anilines is 6. The molecule has 0 saturated heterocycles. The molecule has 8 aliphatic heterocycles. The van der Waals surface area contributed by atoms with Gasteiger partial charge in [0.05, 0.1) is 66.1 Å². The number of nitrogens with zero attached hydrogens (tertiary/aromatic N) is 7. The highest BCUT2D eigenvalue weighted by atomic mass is 33.1. The summed E-state index contributed by atoms with van der Waals surface area (Å²) in [6.07, 6.45) is 16.4. The number of hydrogen-bond acceptors (Lipinski definition) is 19. The van der Waals surface area contributed by atoms with Crippen LogP contribution in [0.3, 0.4) is 0 Å². The molecule has 0 spiro atoms. The molecule has 0 bridgehead atoms. The van der Waals surface area contributed by atoms with Crippen molar-refractivity contribution in [3.05, 3.63) is 265 Å². The Morgan fingerprint density at radius 3 is 1.14 bits per heavy atom. The van der Waals surface area contributed by atoms with E-state index in [1.54, 1.807) is 74.4 Å². The van der Waals surface area contributed by atoms with Crippen LogP contribution in [0.5, 0.6) is 34.5 Å². The lowest BCUT2D eigenvalue weighted by molar-refractivity contribution is -0.117. The zero-order valence-electron chi connectivity index (χ0n) is 70.9. The minimum atomic E-state index is -0.183. The van der Waals surface area contributed by atoms with Crippen molar-refractivity contribution in [2.45, 2.75) is 166 Å². The maximum absolute atomic E-state index is 14.1. The number of amides is 6. The topological polar surface area (TPSA) is 232 Å². The molecule has 0 aliphatic carbocycles. The van der Waals surface area contributed by atoms with Gasteiger partial charge >= 0.3 is 0 Å². The fraction of sp³-hybridized carbons (Fsp3) is 0.303. The predicted octanol–water partition coefficient (Wildman–Crippen LogP) is 20.7. The lowest BCUT2D eigenvalue weighted by Gasteiger charge is -2.23. The van der Waals surface area contributed by atoms with Gasteiger partial charge in [0.25, 0.3) is 23.6 Å². The van der Waals surface area contributed by atoms with Crippen LogP contribution in [0, 0.1) is 13.8 Å². The van der Waals surface area contributed by atoms with Gasteiger partial charge in [-0.25, -0.2) is 0 Å². The first-order valence-corrected chi connectivity index (χ1v) is 46.9. The van der Waals surface area contributed by atoms with Crippen LogP contribution < -0.4 is 58.7 Å². The molecule has 21 nitrogen and oxygen atoms in total. The molecule has 8 aliphatic rings. The molecule has 10 aromatic rings. The van der Waals surface area contributed by atoms with Crippen LogP contribution in [0.2, 0.25) is 0 Å². The Hall–Kier alpha value is -11.8. The number of nitrogens with one attached hydrogen (secondary N) is 2. The van der Waals surface area contributed by atoms with Crippen LogP contribution in [0.25, 0.3) is 0 Å². The van der Waals surface area contributed by atoms with Crippen LogP contribution >= 0.6 is 43.2 Å². The number of benzene rings is 10. The molecule has 124 heavy (non-hydrogen) atoms. The number of para-hydroxylation sites is 4. The van der Waals surface area contributed by atoms with E-state index in [4.69, 9.17) is 43.4 Å². The molecular formula is C99H97N9O12S4. The quantitative estimate of drug-likeness (QED) is 0.0480. The van der Waals surface area contributed by atoms with Gasteiger partial charge in [0.1, 0.15) is 37.9 Å². The van der Waals surface area contributed by atoms with E-state index in [0.717, 1.165) is 117 Å². The summed E-state index contributed by atoms with van der Waals surface area (Å²) in [5.41, 5.74) is 19.1. The molecule has 634 valence electrons. The number of aryl methyl sites for hydroxylation is 3. The Kier molecular flexibility index (Phi) is 24.4. The van der Waals surface area contributed by atoms with Gasteiger partial charge in [-0.15, -0.1) is 0 Å². The van der Waals surface area contributed by atoms with Crippen molar-refractivity contribution in [1.29, 1.82) is 0 Å². The van der Waals surface area contributed by atoms with Gasteiger partial charge in [0, 0.05) is 124 Å². The van der Waals surface area contributed by atoms with E-state index in [9.17, 15) is 28.8 Å². The lowest BCUT2D eigenvalue weighted by Crippen LogP contribution is -2.37. The maximum Gasteiger partial charge on any atom is 0.261 e. The highest BCUT2D eigenvalue weighted by molar-refractivity contribution is 8.77. The normalized spacial score (nSPS) is 17.1. The van der Waals surface area contributed by atoms with Crippen molar-refractivity contribution in [3.8, 4) is 34.5 Å². The highest BCUT2D eigenvalue weighted by Crippen LogP contribution is 2.47. The Morgan fingerprint density at radius 1 is 0.403 bits per heavy atom. The third-order valence-electron chi connectivity index (χ3n) is 23.8. The van der Waals surface area contributed by atoms with Gasteiger partial charge in [-0.1, -0.05) is 116 Å². The lowest BCUT2D eigenvalue weighted by atomic mass is 9.99. The number of carbonyl (C=O) groups is 6. The van der Waals surface area contributed by atoms with Crippen LogP contribution in [-0.2, 0) is 68.1 Å². The Labute approximate surface area is 738 Å². The summed E-state index contributed by atoms with van der Waals surface area (Å²) in [4.78, 5) is 104. The summed E-state index contributed by atoms with van der Waals surface area (Å²) in [5.74, 6) is 2.59. The summed E-state index contributed by atoms with van der Waals surface area (Å²) in [5, 5.41) is 6.24. The first-order chi connectivity index (χ1) is 60.0. The number of aliphatic imine (C=N–C) groups is 3. The first-order valence-electron chi connectivity index (χ1n) is 41.8. The first kappa shape index (κ1) is 84.4. The smallest absolute Gasteiger partial charge is 0.261 e. The number of rotatable bonds is 26. The van der Waals surface area contributed by atoms with Crippen LogP contribution in [0.4, 0.5) is 51.2 Å². The number of carbonyl (C=O) groups excluding carboxylic acids is 6. The van der Waals surface area contributed by atoms with Gasteiger partial charge in [0.2, 0.25) is 11.8 Å². The standard InChI is InChI=1S/C50H50N4O6S2.C49H47N5O6S2/c1-30-18-40-41(51-27-38-23-35-11-7-9-13-43(35)54(38)49(40)57)26-44(30)59-28-31-19-32(21-36(20-31)52-47(55)16-17-50(2,3)62-61-5)29-60-46-24-33-14-15-37-22-34-10-6-8-12-42(34)53(37)48(56)39(33)25-45(46)58-4;1-29-16-37-39(50-25-35-20-32-10-6-8-12-41(32)53(35)47(37)56)23-43(29)59-27-30-17-31(19-34(18-30)52-46(55)14-15-49(2,3)62-61-5)28-60-45-24-40-38(22-44(45)58-4)48(57)54-36(26-51-40)21-33-11-7-9-13-42(33)54/h6-13,18-21,24-27,37-38H,14-17,22-23,28-29H2,1-5H3,(H,52,55);6-13,16-19,22-26,35-36H,14-15,20-21,27-28H2,1-5H3,(H,52,55)/t37-,38+;35-,36-/m10/s1. The largest absolute Gasteiger partial charge is 0.493 e. The van der Waals surface area contributed by atoms with E-state index >= 15 is 0 Å². The molecule has 0 aromatic heterocycles. The molecule has 18 rings (SSSR count). The maximum atomic E-state index is 14.1. The zero-order valence-corrected chi connectivity index (χ0v) is 74.2. The van der Waals surface area contributed by atoms with Gasteiger partial charge in [-0.2, -0.15) is 0 Å². The van der Waals surface area contributed by atoms with E-state index in [1.165, 1.54) is 5.56 Å². The second-order valence-corrected chi connectivity index (χ2v) is 39.8. The molecule has 10 aromatic carbocycles. The summed E-state index contributed by atoms with van der Waals surface area (Å²) in [6, 6.07) is 58.0. The molecule has 4 atom stereocenters. The van der Waals surface area contributed by atoms with Crippen molar-refractivity contribution in [3.63, 3.8) is 0 Å². The fourth-order valence-corrected chi connectivity index (χ4v) is 22.2. The summed E-state index contributed by atoms with van der Waals surface area (Å²) in [7, 11) is 10.1. The van der Waals surface area contributed by atoms with Crippen molar-refractivity contribution in [2.24, 2.45) is 15.0 Å². The van der Waals surface area contributed by atoms with Crippen molar-refractivity contribution in [2.75, 3.05) is 57.0 Å². The van der Waals surface area contributed by atoms with E-state index in [0.29, 0.717) is 111 Å². The van der Waals surface area contributed by atoms with Crippen LogP contribution in [0.15, 0.2) is 197 Å². The second kappa shape index (κ2) is 35.8. The average molecular weight is 1730 g/mol. The summed E-state index contributed by atoms with van der Waals surface area (Å²) >= 11 is 0. The number of ether oxygens (including phenoxy) is 6. The molecule has 0 fully saturated rings. The minimum absolute atomic E-state index is 0.0185. The van der Waals surface area contributed by atoms with Gasteiger partial charge < -0.3 is 44.0 Å². The molecule has 0 saturated carbocycles. The van der Waals surface area contributed by atoms with Crippen LogP contribution in [-0.4, -0.2) is 114 Å². The van der Waals surface area contributed by atoms with Crippen LogP contribution in [0.1, 0.15) is 162 Å². The van der Waals surface area contributed by atoms with E-state index in [1.807, 2.05) is 211 Å². The summed E-state index contributed by atoms with van der Waals surface area (Å²) in [6.45, 7) is 13.1. The van der Waals surface area contributed by atoms with Crippen molar-refractivity contribution >= 4 is 148 Å².